The van der Waals surface area contributed by atoms with Gasteiger partial charge in [-0.2, -0.15) is 0 Å². The highest BCUT2D eigenvalue weighted by atomic mass is 16.5. The van der Waals surface area contributed by atoms with Crippen molar-refractivity contribution >= 4 is 29.5 Å². The second-order valence-corrected chi connectivity index (χ2v) is 13.6. The van der Waals surface area contributed by atoms with Crippen LogP contribution in [0.5, 0.6) is 5.75 Å². The number of nitrogens with two attached hydrogens (primary N) is 1. The average Bonchev–Trinajstić information content (AvgIpc) is 3.12. The molecular formula is C40H57N5O6. The second kappa shape index (κ2) is 20.7. The van der Waals surface area contributed by atoms with Gasteiger partial charge in [0, 0.05) is 46.3 Å². The highest BCUT2D eigenvalue weighted by Crippen LogP contribution is 2.22. The number of rotatable bonds is 20. The number of likely N-dealkylation sites (N-methyl/N-ethyl adjacent to an activating group) is 3. The molecule has 11 heteroatoms. The zero-order chi connectivity index (χ0) is 38.2. The Morgan fingerprint density at radius 3 is 1.92 bits per heavy atom. The van der Waals surface area contributed by atoms with Crippen LogP contribution in [-0.4, -0.2) is 96.7 Å². The van der Waals surface area contributed by atoms with Gasteiger partial charge in [0.05, 0.1) is 7.11 Å². The molecule has 0 bridgehead atoms. The smallest absolute Gasteiger partial charge is 0.245 e. The maximum Gasteiger partial charge on any atom is 0.245 e. The summed E-state index contributed by atoms with van der Waals surface area (Å²) in [5, 5.41) is 2.79. The number of primary amides is 1. The van der Waals surface area contributed by atoms with Crippen LogP contribution in [0.4, 0.5) is 0 Å². The van der Waals surface area contributed by atoms with Crippen LogP contribution in [0.1, 0.15) is 70.9 Å². The van der Waals surface area contributed by atoms with E-state index < -0.39 is 47.8 Å². The Morgan fingerprint density at radius 1 is 0.784 bits per heavy atom. The van der Waals surface area contributed by atoms with Crippen molar-refractivity contribution in [2.45, 2.75) is 96.8 Å². The molecule has 0 aliphatic carbocycles. The van der Waals surface area contributed by atoms with E-state index in [1.165, 1.54) is 28.8 Å². The van der Waals surface area contributed by atoms with Crippen molar-refractivity contribution in [3.05, 3.63) is 65.7 Å². The Hall–Kier alpha value is -4.85. The molecule has 0 aliphatic rings. The van der Waals surface area contributed by atoms with E-state index in [1.807, 2.05) is 37.3 Å². The summed E-state index contributed by atoms with van der Waals surface area (Å²) in [5.74, 6) is 0.988. The summed E-state index contributed by atoms with van der Waals surface area (Å²) in [4.78, 5) is 71.0. The summed E-state index contributed by atoms with van der Waals surface area (Å²) in [5.41, 5.74) is 7.34. The molecule has 278 valence electrons. The van der Waals surface area contributed by atoms with E-state index in [0.717, 1.165) is 36.8 Å². The molecule has 0 spiro atoms. The van der Waals surface area contributed by atoms with Gasteiger partial charge in [0.15, 0.2) is 0 Å². The van der Waals surface area contributed by atoms with Crippen LogP contribution in [0.25, 0.3) is 0 Å². The average molecular weight is 704 g/mol. The molecule has 0 radical (unpaired) electrons. The fourth-order valence-corrected chi connectivity index (χ4v) is 6.18. The van der Waals surface area contributed by atoms with E-state index >= 15 is 0 Å². The number of ether oxygens (including phenoxy) is 1. The quantitative estimate of drug-likeness (QED) is 0.159. The van der Waals surface area contributed by atoms with Crippen LogP contribution >= 0.6 is 0 Å². The molecule has 0 fully saturated rings. The van der Waals surface area contributed by atoms with Gasteiger partial charge in [-0.05, 0) is 55.9 Å². The highest BCUT2D eigenvalue weighted by molar-refractivity contribution is 5.95. The Kier molecular flexibility index (Phi) is 17.2. The van der Waals surface area contributed by atoms with Crippen molar-refractivity contribution in [1.29, 1.82) is 0 Å². The molecule has 11 nitrogen and oxygen atoms in total. The second-order valence-electron chi connectivity index (χ2n) is 13.6. The van der Waals surface area contributed by atoms with E-state index in [1.54, 1.807) is 52.3 Å². The van der Waals surface area contributed by atoms with Crippen LogP contribution in [0.3, 0.4) is 0 Å². The molecule has 51 heavy (non-hydrogen) atoms. The van der Waals surface area contributed by atoms with E-state index in [2.05, 4.69) is 18.2 Å². The van der Waals surface area contributed by atoms with E-state index in [-0.39, 0.29) is 24.7 Å². The molecule has 0 heterocycles. The number of amides is 5. The van der Waals surface area contributed by atoms with Gasteiger partial charge in [-0.15, -0.1) is 12.3 Å². The lowest BCUT2D eigenvalue weighted by Crippen LogP contribution is -2.58. The number of hydrogen-bond donors (Lipinski definition) is 2. The third kappa shape index (κ3) is 12.8. The Balaban J connectivity index is 2.14. The minimum Gasteiger partial charge on any atom is -0.497 e. The molecule has 6 atom stereocenters. The van der Waals surface area contributed by atoms with Gasteiger partial charge in [0.2, 0.25) is 29.5 Å². The van der Waals surface area contributed by atoms with Crippen LogP contribution < -0.4 is 15.8 Å². The Bertz CT molecular complexity index is 1490. The first kappa shape index (κ1) is 42.3. The highest BCUT2D eigenvalue weighted by Gasteiger charge is 2.35. The maximum absolute atomic E-state index is 13.8. The van der Waals surface area contributed by atoms with Crippen LogP contribution in [0, 0.1) is 24.2 Å². The zero-order valence-corrected chi connectivity index (χ0v) is 31.6. The molecule has 6 unspecified atom stereocenters. The number of terminal acetylenes is 1. The minimum atomic E-state index is -1.02. The number of carbonyl (C=O) groups is 5. The summed E-state index contributed by atoms with van der Waals surface area (Å²) >= 11 is 0. The predicted molar refractivity (Wildman–Crippen MR) is 199 cm³/mol. The molecular weight excluding hydrogens is 646 g/mol. The van der Waals surface area contributed by atoms with Gasteiger partial charge in [-0.25, -0.2) is 0 Å². The van der Waals surface area contributed by atoms with Gasteiger partial charge in [0.1, 0.15) is 29.9 Å². The van der Waals surface area contributed by atoms with Crippen molar-refractivity contribution in [3.8, 4) is 18.1 Å². The van der Waals surface area contributed by atoms with Crippen molar-refractivity contribution < 1.29 is 28.7 Å². The summed E-state index contributed by atoms with van der Waals surface area (Å²) < 4.78 is 5.19. The number of benzene rings is 2. The topological polar surface area (TPSA) is 142 Å². The fraction of sp³-hybridized carbons (Fsp3) is 0.525. The molecule has 2 aromatic carbocycles. The monoisotopic (exact) mass is 703 g/mol. The van der Waals surface area contributed by atoms with Crippen LogP contribution in [0.15, 0.2) is 54.6 Å². The summed E-state index contributed by atoms with van der Waals surface area (Å²) in [6.45, 7) is 7.10. The van der Waals surface area contributed by atoms with Crippen molar-refractivity contribution in [1.82, 2.24) is 20.0 Å². The molecule has 5 amide bonds. The number of nitrogens with zero attached hydrogens (tertiary/aromatic N) is 3. The number of nitrogens with one attached hydrogen (secondary N) is 1. The van der Waals surface area contributed by atoms with Crippen LogP contribution in [0.2, 0.25) is 0 Å². The van der Waals surface area contributed by atoms with Crippen molar-refractivity contribution in [3.63, 3.8) is 0 Å². The maximum atomic E-state index is 13.8. The summed E-state index contributed by atoms with van der Waals surface area (Å²) in [6, 6.07) is 12.6. The molecule has 0 saturated heterocycles. The molecule has 2 rings (SSSR count). The number of carbonyl (C=O) groups excluding carboxylic acids is 5. The SMILES string of the molecule is C#CCCCCC(C)CC(C)C(=O)N(C)C(Cc1ccccc1)C(=O)NC(C)C(=O)N(C)C(C)C(=O)N(C)C(Cc1ccc(OC)cc1)C(N)=O. The number of methoxy groups -OCH3 is 1. The van der Waals surface area contributed by atoms with E-state index in [9.17, 15) is 24.0 Å². The summed E-state index contributed by atoms with van der Waals surface area (Å²) in [7, 11) is 6.12. The lowest BCUT2D eigenvalue weighted by Gasteiger charge is -2.34. The summed E-state index contributed by atoms with van der Waals surface area (Å²) in [6.07, 6.45) is 10.1. The van der Waals surface area contributed by atoms with Gasteiger partial charge in [-0.3, -0.25) is 24.0 Å². The Morgan fingerprint density at radius 2 is 1.35 bits per heavy atom. The zero-order valence-electron chi connectivity index (χ0n) is 31.6. The van der Waals surface area contributed by atoms with E-state index in [0.29, 0.717) is 18.1 Å². The fourth-order valence-electron chi connectivity index (χ4n) is 6.18. The lowest BCUT2D eigenvalue weighted by molar-refractivity contribution is -0.148. The predicted octanol–water partition coefficient (Wildman–Crippen LogP) is 3.83. The molecule has 0 aromatic heterocycles. The standard InChI is InChI=1S/C40H57N5O6/c1-10-11-12-14-17-27(2)24-28(3)38(48)45(8)35(26-31-18-15-13-16-19-31)37(47)42-29(4)39(49)43(6)30(5)40(50)44(7)34(36(41)46)25-32-20-22-33(51-9)23-21-32/h1,13,15-16,18-23,27-30,34-35H,11-12,14,17,24-26H2,2-9H3,(H2,41,46)(H,42,47). The van der Waals surface area contributed by atoms with Crippen molar-refractivity contribution in [2.24, 2.45) is 17.6 Å². The first-order valence-electron chi connectivity index (χ1n) is 17.6. The van der Waals surface area contributed by atoms with Gasteiger partial charge in [-0.1, -0.05) is 69.2 Å². The third-order valence-electron chi connectivity index (χ3n) is 9.58. The molecule has 0 saturated carbocycles. The molecule has 2 aromatic rings. The first-order chi connectivity index (χ1) is 24.1. The lowest BCUT2D eigenvalue weighted by atomic mass is 9.91. The van der Waals surface area contributed by atoms with Gasteiger partial charge >= 0.3 is 0 Å². The Labute approximate surface area is 304 Å². The van der Waals surface area contributed by atoms with Crippen molar-refractivity contribution in [2.75, 3.05) is 28.3 Å². The number of hydrogen-bond acceptors (Lipinski definition) is 6. The van der Waals surface area contributed by atoms with E-state index in [4.69, 9.17) is 16.9 Å². The molecule has 3 N–H and O–H groups in total. The normalized spacial score (nSPS) is 14.4. The van der Waals surface area contributed by atoms with Gasteiger partial charge < -0.3 is 30.5 Å². The third-order valence-corrected chi connectivity index (χ3v) is 9.58. The van der Waals surface area contributed by atoms with Crippen LogP contribution in [-0.2, 0) is 36.8 Å². The first-order valence-corrected chi connectivity index (χ1v) is 17.6. The van der Waals surface area contributed by atoms with Gasteiger partial charge in [0.25, 0.3) is 0 Å². The largest absolute Gasteiger partial charge is 0.497 e. The molecule has 0 aliphatic heterocycles. The minimum absolute atomic E-state index is 0.154. The number of unbranched alkanes of at least 4 members (excludes halogenated alkanes) is 2.